The molecule has 2 amide bonds. The highest BCUT2D eigenvalue weighted by atomic mass is 16.4. The highest BCUT2D eigenvalue weighted by molar-refractivity contribution is 5.86. The smallest absolute Gasteiger partial charge is 0.303 e. The maximum Gasteiger partial charge on any atom is 0.303 e. The van der Waals surface area contributed by atoms with Crippen LogP contribution in [0.25, 0.3) is 0 Å². The van der Waals surface area contributed by atoms with Gasteiger partial charge in [0.1, 0.15) is 6.04 Å². The lowest BCUT2D eigenvalue weighted by atomic mass is 9.94. The molecular formula is C13H23N3O4. The molecule has 20 heavy (non-hydrogen) atoms. The number of amides is 2. The first-order chi connectivity index (χ1) is 9.38. The first-order valence-electron chi connectivity index (χ1n) is 6.88. The van der Waals surface area contributed by atoms with E-state index in [0.29, 0.717) is 12.5 Å². The van der Waals surface area contributed by atoms with Gasteiger partial charge in [-0.15, -0.1) is 0 Å². The van der Waals surface area contributed by atoms with Crippen molar-refractivity contribution in [2.45, 2.75) is 32.7 Å². The molecule has 0 bridgehead atoms. The van der Waals surface area contributed by atoms with Crippen LogP contribution >= 0.6 is 0 Å². The summed E-state index contributed by atoms with van der Waals surface area (Å²) in [5.41, 5.74) is 0. The number of nitrogens with one attached hydrogen (secondary N) is 3. The summed E-state index contributed by atoms with van der Waals surface area (Å²) in [7, 11) is 0. The molecule has 114 valence electrons. The number of hydrogen-bond acceptors (Lipinski definition) is 4. The van der Waals surface area contributed by atoms with Crippen molar-refractivity contribution in [2.24, 2.45) is 11.8 Å². The fourth-order valence-electron chi connectivity index (χ4n) is 2.27. The Morgan fingerprint density at radius 1 is 1.45 bits per heavy atom. The van der Waals surface area contributed by atoms with Crippen molar-refractivity contribution in [3.05, 3.63) is 0 Å². The number of carboxylic acids is 1. The molecule has 2 atom stereocenters. The largest absolute Gasteiger partial charge is 0.481 e. The maximum absolute atomic E-state index is 11.9. The van der Waals surface area contributed by atoms with Gasteiger partial charge in [0.05, 0.1) is 6.54 Å². The van der Waals surface area contributed by atoms with Crippen molar-refractivity contribution in [2.75, 3.05) is 19.6 Å². The summed E-state index contributed by atoms with van der Waals surface area (Å²) in [6.45, 7) is 4.78. The minimum absolute atomic E-state index is 0.0489. The highest BCUT2D eigenvalue weighted by Crippen LogP contribution is 2.14. The maximum atomic E-state index is 11.9. The van der Waals surface area contributed by atoms with E-state index in [0.717, 1.165) is 6.42 Å². The minimum atomic E-state index is -0.854. The number of carbonyl (C=O) groups is 3. The number of carbonyl (C=O) groups excluding carboxylic acids is 2. The predicted octanol–water partition coefficient (Wildman–Crippen LogP) is -0.672. The fourth-order valence-corrected chi connectivity index (χ4v) is 2.27. The van der Waals surface area contributed by atoms with E-state index in [1.165, 1.54) is 0 Å². The lowest BCUT2D eigenvalue weighted by molar-refractivity contribution is -0.138. The van der Waals surface area contributed by atoms with E-state index in [1.54, 1.807) is 0 Å². The van der Waals surface area contributed by atoms with Gasteiger partial charge in [0.15, 0.2) is 0 Å². The van der Waals surface area contributed by atoms with Gasteiger partial charge in [-0.3, -0.25) is 19.7 Å². The van der Waals surface area contributed by atoms with Crippen molar-refractivity contribution in [3.63, 3.8) is 0 Å². The second-order valence-electron chi connectivity index (χ2n) is 5.58. The van der Waals surface area contributed by atoms with E-state index >= 15 is 0 Å². The van der Waals surface area contributed by atoms with Gasteiger partial charge in [0.2, 0.25) is 11.8 Å². The molecule has 1 unspecified atom stereocenters. The number of carboxylic acid groups (broad SMARTS) is 1. The Morgan fingerprint density at radius 3 is 2.65 bits per heavy atom. The average Bonchev–Trinajstić information content (AvgIpc) is 2.35. The molecule has 0 spiro atoms. The quantitative estimate of drug-likeness (QED) is 0.496. The van der Waals surface area contributed by atoms with Crippen LogP contribution in [0.1, 0.15) is 26.7 Å². The second-order valence-corrected chi connectivity index (χ2v) is 5.58. The molecule has 1 fully saturated rings. The topological polar surface area (TPSA) is 108 Å². The van der Waals surface area contributed by atoms with Gasteiger partial charge in [0, 0.05) is 19.5 Å². The van der Waals surface area contributed by atoms with Crippen LogP contribution in [0.4, 0.5) is 0 Å². The lowest BCUT2D eigenvalue weighted by Crippen LogP contribution is -2.58. The zero-order valence-electron chi connectivity index (χ0n) is 11.9. The summed E-state index contributed by atoms with van der Waals surface area (Å²) in [4.78, 5) is 33.7. The van der Waals surface area contributed by atoms with E-state index in [4.69, 9.17) is 5.11 Å². The van der Waals surface area contributed by atoms with Crippen LogP contribution in [-0.4, -0.2) is 48.6 Å². The van der Waals surface area contributed by atoms with E-state index in [1.807, 2.05) is 13.8 Å². The third kappa shape index (κ3) is 6.01. The van der Waals surface area contributed by atoms with Crippen molar-refractivity contribution >= 4 is 17.8 Å². The zero-order valence-corrected chi connectivity index (χ0v) is 11.9. The van der Waals surface area contributed by atoms with Gasteiger partial charge < -0.3 is 15.7 Å². The average molecular weight is 285 g/mol. The number of rotatable bonds is 7. The van der Waals surface area contributed by atoms with Gasteiger partial charge in [-0.1, -0.05) is 13.8 Å². The number of aliphatic carboxylic acids is 1. The second kappa shape index (κ2) is 7.84. The Kier molecular flexibility index (Phi) is 6.44. The monoisotopic (exact) mass is 285 g/mol. The summed E-state index contributed by atoms with van der Waals surface area (Å²) < 4.78 is 0. The summed E-state index contributed by atoms with van der Waals surface area (Å²) in [5, 5.41) is 17.1. The van der Waals surface area contributed by atoms with Gasteiger partial charge in [0.25, 0.3) is 0 Å². The SMILES string of the molecule is CC(C)C[C@H](CNC(=O)C1CNC(=O)CN1)CC(=O)O. The van der Waals surface area contributed by atoms with Crippen molar-refractivity contribution in [3.8, 4) is 0 Å². The molecule has 0 aromatic rings. The van der Waals surface area contributed by atoms with E-state index in [-0.39, 0.29) is 37.2 Å². The molecule has 7 nitrogen and oxygen atoms in total. The molecule has 0 aromatic carbocycles. The van der Waals surface area contributed by atoms with Crippen LogP contribution in [0.3, 0.4) is 0 Å². The Balaban J connectivity index is 2.39. The summed E-state index contributed by atoms with van der Waals surface area (Å²) in [6, 6.07) is -0.447. The Morgan fingerprint density at radius 2 is 2.15 bits per heavy atom. The van der Waals surface area contributed by atoms with Crippen molar-refractivity contribution < 1.29 is 19.5 Å². The molecule has 4 N–H and O–H groups in total. The molecule has 1 heterocycles. The van der Waals surface area contributed by atoms with Gasteiger partial charge in [-0.05, 0) is 18.3 Å². The highest BCUT2D eigenvalue weighted by Gasteiger charge is 2.24. The Bertz CT molecular complexity index is 361. The normalized spacial score (nSPS) is 20.4. The molecule has 0 aromatic heterocycles. The minimum Gasteiger partial charge on any atom is -0.481 e. The van der Waals surface area contributed by atoms with E-state index in [2.05, 4.69) is 16.0 Å². The van der Waals surface area contributed by atoms with Gasteiger partial charge in [-0.2, -0.15) is 0 Å². The van der Waals surface area contributed by atoms with E-state index < -0.39 is 12.0 Å². The summed E-state index contributed by atoms with van der Waals surface area (Å²) >= 11 is 0. The fraction of sp³-hybridized carbons (Fsp3) is 0.769. The van der Waals surface area contributed by atoms with Crippen LogP contribution in [0.5, 0.6) is 0 Å². The molecular weight excluding hydrogens is 262 g/mol. The third-order valence-electron chi connectivity index (χ3n) is 3.16. The third-order valence-corrected chi connectivity index (χ3v) is 3.16. The van der Waals surface area contributed by atoms with Crippen LogP contribution < -0.4 is 16.0 Å². The van der Waals surface area contributed by atoms with Crippen molar-refractivity contribution in [1.29, 1.82) is 0 Å². The molecule has 1 saturated heterocycles. The molecule has 1 aliphatic heterocycles. The Labute approximate surface area is 118 Å². The van der Waals surface area contributed by atoms with Crippen molar-refractivity contribution in [1.82, 2.24) is 16.0 Å². The standard InChI is InChI=1S/C13H23N3O4/c1-8(2)3-9(4-12(18)19)5-16-13(20)10-6-15-11(17)7-14-10/h8-10,14H,3-7H2,1-2H3,(H,15,17)(H,16,20)(H,18,19)/t9-,10?/m0/s1. The number of piperazine rings is 1. The van der Waals surface area contributed by atoms with Gasteiger partial charge in [-0.25, -0.2) is 0 Å². The van der Waals surface area contributed by atoms with Crippen LogP contribution in [0, 0.1) is 11.8 Å². The molecule has 1 rings (SSSR count). The molecule has 0 saturated carbocycles. The first-order valence-corrected chi connectivity index (χ1v) is 6.88. The number of hydrogen-bond donors (Lipinski definition) is 4. The molecule has 0 aliphatic carbocycles. The predicted molar refractivity (Wildman–Crippen MR) is 73.0 cm³/mol. The van der Waals surface area contributed by atoms with Crippen LogP contribution in [0.2, 0.25) is 0 Å². The van der Waals surface area contributed by atoms with Gasteiger partial charge >= 0.3 is 5.97 Å². The first kappa shape index (κ1) is 16.4. The van der Waals surface area contributed by atoms with E-state index in [9.17, 15) is 14.4 Å². The lowest BCUT2D eigenvalue weighted by Gasteiger charge is -2.24. The molecule has 7 heteroatoms. The zero-order chi connectivity index (χ0) is 15.1. The van der Waals surface area contributed by atoms with Crippen LogP contribution in [0.15, 0.2) is 0 Å². The molecule has 0 radical (unpaired) electrons. The summed E-state index contributed by atoms with van der Waals surface area (Å²) in [5.74, 6) is -0.882. The van der Waals surface area contributed by atoms with Crippen LogP contribution in [-0.2, 0) is 14.4 Å². The summed E-state index contributed by atoms with van der Waals surface area (Å²) in [6.07, 6.45) is 0.800. The Hall–Kier alpha value is -1.63. The molecule has 1 aliphatic rings.